The molecule has 0 radical (unpaired) electrons. The second kappa shape index (κ2) is 3.44. The lowest BCUT2D eigenvalue weighted by atomic mass is 10.3. The van der Waals surface area contributed by atoms with Gasteiger partial charge in [-0.25, -0.2) is 0 Å². The summed E-state index contributed by atoms with van der Waals surface area (Å²) in [5.74, 6) is 0.838. The van der Waals surface area contributed by atoms with Crippen LogP contribution in [0, 0.1) is 0 Å². The quantitative estimate of drug-likeness (QED) is 0.534. The standard InChI is InChI=1S/C6H13NOS/c1-7-2-3-8-6(4-7)5-9/h6,9H,2-5H2,1H3. The Bertz CT molecular complexity index is 89.1. The summed E-state index contributed by atoms with van der Waals surface area (Å²) in [4.78, 5) is 2.27. The molecule has 1 saturated heterocycles. The average Bonchev–Trinajstić information content (AvgIpc) is 1.88. The Morgan fingerprint density at radius 3 is 3.00 bits per heavy atom. The molecule has 0 aliphatic carbocycles. The topological polar surface area (TPSA) is 12.5 Å². The number of thiol groups is 1. The van der Waals surface area contributed by atoms with Gasteiger partial charge in [0, 0.05) is 18.8 Å². The molecule has 1 aliphatic rings. The Labute approximate surface area is 61.6 Å². The molecule has 54 valence electrons. The summed E-state index contributed by atoms with van der Waals surface area (Å²) in [6, 6.07) is 0. The average molecular weight is 147 g/mol. The number of hydrogen-bond acceptors (Lipinski definition) is 3. The van der Waals surface area contributed by atoms with Gasteiger partial charge in [0.25, 0.3) is 0 Å². The van der Waals surface area contributed by atoms with E-state index >= 15 is 0 Å². The highest BCUT2D eigenvalue weighted by Gasteiger charge is 2.14. The SMILES string of the molecule is CN1CCOC(CS)C1. The van der Waals surface area contributed by atoms with E-state index in [1.807, 2.05) is 0 Å². The minimum atomic E-state index is 0.354. The van der Waals surface area contributed by atoms with E-state index in [1.165, 1.54) is 0 Å². The summed E-state index contributed by atoms with van der Waals surface area (Å²) in [5.41, 5.74) is 0. The van der Waals surface area contributed by atoms with Crippen LogP contribution in [-0.2, 0) is 4.74 Å². The Hall–Kier alpha value is 0.270. The van der Waals surface area contributed by atoms with Crippen molar-refractivity contribution in [2.45, 2.75) is 6.10 Å². The Balaban J connectivity index is 2.23. The Morgan fingerprint density at radius 1 is 1.78 bits per heavy atom. The number of morpholine rings is 1. The molecule has 1 unspecified atom stereocenters. The maximum Gasteiger partial charge on any atom is 0.0790 e. The lowest BCUT2D eigenvalue weighted by Crippen LogP contribution is -2.40. The predicted molar refractivity (Wildman–Crippen MR) is 41.1 cm³/mol. The molecule has 0 aromatic heterocycles. The van der Waals surface area contributed by atoms with E-state index in [0.717, 1.165) is 25.4 Å². The van der Waals surface area contributed by atoms with Gasteiger partial charge in [0.15, 0.2) is 0 Å². The van der Waals surface area contributed by atoms with Crippen LogP contribution >= 0.6 is 12.6 Å². The zero-order chi connectivity index (χ0) is 6.69. The summed E-state index contributed by atoms with van der Waals surface area (Å²) >= 11 is 4.15. The highest BCUT2D eigenvalue weighted by Crippen LogP contribution is 2.03. The first-order valence-corrected chi connectivity index (χ1v) is 3.87. The summed E-state index contributed by atoms with van der Waals surface area (Å²) in [6.07, 6.45) is 0.354. The molecule has 0 spiro atoms. The van der Waals surface area contributed by atoms with Crippen molar-refractivity contribution in [2.24, 2.45) is 0 Å². The van der Waals surface area contributed by atoms with Crippen molar-refractivity contribution >= 4 is 12.6 Å². The molecule has 0 aromatic carbocycles. The third-order valence-corrected chi connectivity index (χ3v) is 1.95. The molecule has 0 amide bonds. The maximum absolute atomic E-state index is 5.38. The number of rotatable bonds is 1. The van der Waals surface area contributed by atoms with Crippen LogP contribution in [0.2, 0.25) is 0 Å². The van der Waals surface area contributed by atoms with Crippen LogP contribution in [0.3, 0.4) is 0 Å². The van der Waals surface area contributed by atoms with Crippen molar-refractivity contribution in [3.05, 3.63) is 0 Å². The second-order valence-corrected chi connectivity index (χ2v) is 2.80. The fraction of sp³-hybridized carbons (Fsp3) is 1.00. The first-order chi connectivity index (χ1) is 4.33. The van der Waals surface area contributed by atoms with Gasteiger partial charge in [-0.3, -0.25) is 0 Å². The van der Waals surface area contributed by atoms with E-state index < -0.39 is 0 Å². The summed E-state index contributed by atoms with van der Waals surface area (Å²) < 4.78 is 5.38. The van der Waals surface area contributed by atoms with Crippen molar-refractivity contribution in [1.82, 2.24) is 4.90 Å². The van der Waals surface area contributed by atoms with Crippen LogP contribution in [0.1, 0.15) is 0 Å². The van der Waals surface area contributed by atoms with Gasteiger partial charge in [0.1, 0.15) is 0 Å². The highest BCUT2D eigenvalue weighted by atomic mass is 32.1. The smallest absolute Gasteiger partial charge is 0.0790 e. The third kappa shape index (κ3) is 2.16. The fourth-order valence-corrected chi connectivity index (χ4v) is 1.20. The maximum atomic E-state index is 5.38. The van der Waals surface area contributed by atoms with Gasteiger partial charge in [0.05, 0.1) is 12.7 Å². The van der Waals surface area contributed by atoms with Crippen LogP contribution in [-0.4, -0.2) is 43.5 Å². The molecule has 0 N–H and O–H groups in total. The molecular formula is C6H13NOS. The number of nitrogens with zero attached hydrogens (tertiary/aromatic N) is 1. The van der Waals surface area contributed by atoms with Gasteiger partial charge in [-0.1, -0.05) is 0 Å². The zero-order valence-electron chi connectivity index (χ0n) is 5.71. The molecule has 3 heteroatoms. The van der Waals surface area contributed by atoms with Crippen molar-refractivity contribution in [3.8, 4) is 0 Å². The molecule has 1 atom stereocenters. The highest BCUT2D eigenvalue weighted by molar-refractivity contribution is 7.80. The molecule has 0 bridgehead atoms. The molecule has 2 nitrogen and oxygen atoms in total. The molecule has 0 aromatic rings. The Kier molecular flexibility index (Phi) is 2.82. The zero-order valence-corrected chi connectivity index (χ0v) is 6.60. The van der Waals surface area contributed by atoms with E-state index in [4.69, 9.17) is 4.74 Å². The summed E-state index contributed by atoms with van der Waals surface area (Å²) in [5, 5.41) is 0. The largest absolute Gasteiger partial charge is 0.375 e. The first-order valence-electron chi connectivity index (χ1n) is 3.24. The van der Waals surface area contributed by atoms with Crippen LogP contribution in [0.15, 0.2) is 0 Å². The molecule has 1 rings (SSSR count). The van der Waals surface area contributed by atoms with Crippen LogP contribution in [0.4, 0.5) is 0 Å². The molecule has 1 fully saturated rings. The lowest BCUT2D eigenvalue weighted by molar-refractivity contribution is -0.00580. The van der Waals surface area contributed by atoms with Crippen molar-refractivity contribution in [3.63, 3.8) is 0 Å². The summed E-state index contributed by atoms with van der Waals surface area (Å²) in [7, 11) is 2.11. The number of ether oxygens (including phenoxy) is 1. The van der Waals surface area contributed by atoms with Crippen LogP contribution in [0.5, 0.6) is 0 Å². The number of likely N-dealkylation sites (N-methyl/N-ethyl adjacent to an activating group) is 1. The Morgan fingerprint density at radius 2 is 2.56 bits per heavy atom. The summed E-state index contributed by atoms with van der Waals surface area (Å²) in [6.45, 7) is 2.95. The van der Waals surface area contributed by atoms with Crippen LogP contribution < -0.4 is 0 Å². The molecule has 0 saturated carbocycles. The van der Waals surface area contributed by atoms with E-state index in [1.54, 1.807) is 0 Å². The van der Waals surface area contributed by atoms with Crippen molar-refractivity contribution in [1.29, 1.82) is 0 Å². The molecule has 1 heterocycles. The van der Waals surface area contributed by atoms with Crippen LogP contribution in [0.25, 0.3) is 0 Å². The van der Waals surface area contributed by atoms with E-state index in [-0.39, 0.29) is 0 Å². The van der Waals surface area contributed by atoms with Gasteiger partial charge in [-0.2, -0.15) is 12.6 Å². The van der Waals surface area contributed by atoms with Crippen molar-refractivity contribution < 1.29 is 4.74 Å². The van der Waals surface area contributed by atoms with Gasteiger partial charge in [-0.15, -0.1) is 0 Å². The minimum Gasteiger partial charge on any atom is -0.375 e. The molecule has 1 aliphatic heterocycles. The van der Waals surface area contributed by atoms with E-state index in [2.05, 4.69) is 24.6 Å². The van der Waals surface area contributed by atoms with Gasteiger partial charge < -0.3 is 9.64 Å². The van der Waals surface area contributed by atoms with Gasteiger partial charge >= 0.3 is 0 Å². The second-order valence-electron chi connectivity index (χ2n) is 2.44. The first kappa shape index (κ1) is 7.38. The minimum absolute atomic E-state index is 0.354. The monoisotopic (exact) mass is 147 g/mol. The third-order valence-electron chi connectivity index (χ3n) is 1.55. The fourth-order valence-electron chi connectivity index (χ4n) is 0.977. The lowest BCUT2D eigenvalue weighted by Gasteiger charge is -2.28. The molecular weight excluding hydrogens is 134 g/mol. The van der Waals surface area contributed by atoms with Gasteiger partial charge in [-0.05, 0) is 7.05 Å². The van der Waals surface area contributed by atoms with Crippen molar-refractivity contribution in [2.75, 3.05) is 32.5 Å². The molecule has 9 heavy (non-hydrogen) atoms. The number of hydrogen-bond donors (Lipinski definition) is 1. The predicted octanol–water partition coefficient (Wildman–Crippen LogP) is 0.247. The van der Waals surface area contributed by atoms with E-state index in [9.17, 15) is 0 Å². The van der Waals surface area contributed by atoms with Gasteiger partial charge in [0.2, 0.25) is 0 Å². The van der Waals surface area contributed by atoms with E-state index in [0.29, 0.717) is 6.10 Å². The normalized spacial score (nSPS) is 30.7.